The van der Waals surface area contributed by atoms with E-state index in [1.165, 1.54) is 11.9 Å². The SMILES string of the molecule is Cc1oncc1NC(=O)CC1CSCCS1. The lowest BCUT2D eigenvalue weighted by molar-refractivity contribution is -0.116. The molecule has 1 fully saturated rings. The zero-order valence-corrected chi connectivity index (χ0v) is 10.7. The van der Waals surface area contributed by atoms with Gasteiger partial charge in [0, 0.05) is 28.9 Å². The summed E-state index contributed by atoms with van der Waals surface area (Å²) in [5.41, 5.74) is 0.679. The van der Waals surface area contributed by atoms with Crippen LogP contribution in [0.3, 0.4) is 0 Å². The number of hydrogen-bond acceptors (Lipinski definition) is 5. The van der Waals surface area contributed by atoms with Gasteiger partial charge in [-0.1, -0.05) is 5.16 Å². The second-order valence-corrected chi connectivity index (χ2v) is 6.17. The van der Waals surface area contributed by atoms with Crippen LogP contribution in [0.15, 0.2) is 10.7 Å². The molecule has 0 radical (unpaired) electrons. The standard InChI is InChI=1S/C10H14N2O2S2/c1-7-9(5-11-14-7)12-10(13)4-8-6-15-2-3-16-8/h5,8H,2-4,6H2,1H3,(H,12,13). The van der Waals surface area contributed by atoms with Gasteiger partial charge in [0.15, 0.2) is 5.76 Å². The maximum absolute atomic E-state index is 11.7. The van der Waals surface area contributed by atoms with Gasteiger partial charge in [-0.2, -0.15) is 23.5 Å². The molecule has 0 saturated carbocycles. The van der Waals surface area contributed by atoms with Crippen LogP contribution in [-0.2, 0) is 4.79 Å². The van der Waals surface area contributed by atoms with Gasteiger partial charge in [0.25, 0.3) is 0 Å². The van der Waals surface area contributed by atoms with Crippen LogP contribution in [0.1, 0.15) is 12.2 Å². The minimum Gasteiger partial charge on any atom is -0.359 e. The first-order valence-corrected chi connectivity index (χ1v) is 7.36. The van der Waals surface area contributed by atoms with Crippen molar-refractivity contribution in [3.05, 3.63) is 12.0 Å². The number of carbonyl (C=O) groups is 1. The molecule has 1 aliphatic heterocycles. The molecule has 0 spiro atoms. The highest BCUT2D eigenvalue weighted by molar-refractivity contribution is 8.06. The van der Waals surface area contributed by atoms with Gasteiger partial charge in [-0.05, 0) is 6.92 Å². The van der Waals surface area contributed by atoms with Crippen LogP contribution in [-0.4, -0.2) is 33.6 Å². The maximum atomic E-state index is 11.7. The topological polar surface area (TPSA) is 55.1 Å². The fourth-order valence-corrected chi connectivity index (χ4v) is 4.16. The molecule has 6 heteroatoms. The first-order valence-electron chi connectivity index (χ1n) is 5.16. The van der Waals surface area contributed by atoms with Crippen molar-refractivity contribution < 1.29 is 9.32 Å². The Kier molecular flexibility index (Phi) is 4.17. The number of anilines is 1. The molecule has 1 aromatic rings. The summed E-state index contributed by atoms with van der Waals surface area (Å²) in [6.07, 6.45) is 2.11. The molecule has 1 amide bonds. The summed E-state index contributed by atoms with van der Waals surface area (Å²) in [6, 6.07) is 0. The monoisotopic (exact) mass is 258 g/mol. The number of aryl methyl sites for hydroxylation is 1. The molecule has 1 aliphatic rings. The van der Waals surface area contributed by atoms with E-state index in [0.29, 0.717) is 23.1 Å². The highest BCUT2D eigenvalue weighted by Crippen LogP contribution is 2.26. The van der Waals surface area contributed by atoms with E-state index in [9.17, 15) is 4.79 Å². The lowest BCUT2D eigenvalue weighted by Crippen LogP contribution is -2.22. The molecule has 1 saturated heterocycles. The fourth-order valence-electron chi connectivity index (χ4n) is 1.48. The minimum absolute atomic E-state index is 0.0475. The Bertz CT molecular complexity index is 361. The smallest absolute Gasteiger partial charge is 0.225 e. The molecule has 1 unspecified atom stereocenters. The summed E-state index contributed by atoms with van der Waals surface area (Å²) in [4.78, 5) is 11.7. The fraction of sp³-hybridized carbons (Fsp3) is 0.600. The van der Waals surface area contributed by atoms with Crippen molar-refractivity contribution in [3.8, 4) is 0 Å². The summed E-state index contributed by atoms with van der Waals surface area (Å²) < 4.78 is 4.88. The molecule has 4 nitrogen and oxygen atoms in total. The van der Waals surface area contributed by atoms with Crippen molar-refractivity contribution >= 4 is 35.1 Å². The highest BCUT2D eigenvalue weighted by atomic mass is 32.2. The number of carbonyl (C=O) groups excluding carboxylic acids is 1. The molecular formula is C10H14N2O2S2. The molecule has 1 N–H and O–H groups in total. The molecule has 0 aliphatic carbocycles. The predicted molar refractivity (Wildman–Crippen MR) is 68.1 cm³/mol. The third kappa shape index (κ3) is 3.18. The van der Waals surface area contributed by atoms with Gasteiger partial charge in [0.2, 0.25) is 5.91 Å². The summed E-state index contributed by atoms with van der Waals surface area (Å²) in [5.74, 6) is 4.12. The number of aromatic nitrogens is 1. The minimum atomic E-state index is 0.0475. The Morgan fingerprint density at radius 2 is 2.56 bits per heavy atom. The van der Waals surface area contributed by atoms with Crippen LogP contribution in [0, 0.1) is 6.92 Å². The normalized spacial score (nSPS) is 20.7. The quantitative estimate of drug-likeness (QED) is 0.900. The molecule has 2 heterocycles. The third-order valence-corrected chi connectivity index (χ3v) is 5.17. The van der Waals surface area contributed by atoms with E-state index in [2.05, 4.69) is 10.5 Å². The lowest BCUT2D eigenvalue weighted by Gasteiger charge is -2.20. The maximum Gasteiger partial charge on any atom is 0.225 e. The van der Waals surface area contributed by atoms with Gasteiger partial charge in [0.1, 0.15) is 5.69 Å². The van der Waals surface area contributed by atoms with Crippen LogP contribution < -0.4 is 5.32 Å². The van der Waals surface area contributed by atoms with E-state index < -0.39 is 0 Å². The lowest BCUT2D eigenvalue weighted by atomic mass is 10.3. The number of rotatable bonds is 3. The van der Waals surface area contributed by atoms with Crippen molar-refractivity contribution in [2.24, 2.45) is 0 Å². The second kappa shape index (κ2) is 5.63. The second-order valence-electron chi connectivity index (χ2n) is 3.62. The molecule has 2 rings (SSSR count). The first kappa shape index (κ1) is 11.9. The Morgan fingerprint density at radius 3 is 3.19 bits per heavy atom. The van der Waals surface area contributed by atoms with Crippen LogP contribution >= 0.6 is 23.5 Å². The number of nitrogens with one attached hydrogen (secondary N) is 1. The van der Waals surface area contributed by atoms with Crippen molar-refractivity contribution in [1.29, 1.82) is 0 Å². The van der Waals surface area contributed by atoms with Gasteiger partial charge in [-0.25, -0.2) is 0 Å². The van der Waals surface area contributed by atoms with Gasteiger partial charge < -0.3 is 9.84 Å². The molecular weight excluding hydrogens is 244 g/mol. The summed E-state index contributed by atoms with van der Waals surface area (Å²) >= 11 is 3.81. The van der Waals surface area contributed by atoms with E-state index in [0.717, 1.165) is 11.5 Å². The molecule has 1 aromatic heterocycles. The summed E-state index contributed by atoms with van der Waals surface area (Å²) in [7, 11) is 0. The van der Waals surface area contributed by atoms with Gasteiger partial charge in [-0.15, -0.1) is 0 Å². The number of amides is 1. The Labute approximate surface area is 103 Å². The summed E-state index contributed by atoms with van der Waals surface area (Å²) in [6.45, 7) is 1.79. The molecule has 16 heavy (non-hydrogen) atoms. The number of nitrogens with zero attached hydrogens (tertiary/aromatic N) is 1. The molecule has 88 valence electrons. The zero-order chi connectivity index (χ0) is 11.4. The number of hydrogen-bond donors (Lipinski definition) is 1. The van der Waals surface area contributed by atoms with E-state index in [1.807, 2.05) is 23.5 Å². The van der Waals surface area contributed by atoms with Crippen LogP contribution in [0.25, 0.3) is 0 Å². The number of thioether (sulfide) groups is 2. The van der Waals surface area contributed by atoms with Gasteiger partial charge in [-0.3, -0.25) is 4.79 Å². The zero-order valence-electron chi connectivity index (χ0n) is 9.06. The van der Waals surface area contributed by atoms with E-state index in [4.69, 9.17) is 4.52 Å². The Balaban J connectivity index is 1.82. The third-order valence-electron chi connectivity index (χ3n) is 2.32. The van der Waals surface area contributed by atoms with E-state index in [-0.39, 0.29) is 5.91 Å². The Morgan fingerprint density at radius 1 is 1.69 bits per heavy atom. The van der Waals surface area contributed by atoms with Crippen LogP contribution in [0.5, 0.6) is 0 Å². The van der Waals surface area contributed by atoms with Crippen molar-refractivity contribution in [3.63, 3.8) is 0 Å². The summed E-state index contributed by atoms with van der Waals surface area (Å²) in [5, 5.41) is 6.89. The average Bonchev–Trinajstić information content (AvgIpc) is 2.66. The predicted octanol–water partition coefficient (Wildman–Crippen LogP) is 2.16. The Hall–Kier alpha value is -0.620. The van der Waals surface area contributed by atoms with Crippen molar-refractivity contribution in [2.45, 2.75) is 18.6 Å². The molecule has 0 bridgehead atoms. The van der Waals surface area contributed by atoms with E-state index in [1.54, 1.807) is 6.92 Å². The van der Waals surface area contributed by atoms with Crippen molar-refractivity contribution in [1.82, 2.24) is 5.16 Å². The largest absolute Gasteiger partial charge is 0.359 e. The van der Waals surface area contributed by atoms with E-state index >= 15 is 0 Å². The molecule has 1 atom stereocenters. The highest BCUT2D eigenvalue weighted by Gasteiger charge is 2.18. The molecule has 0 aromatic carbocycles. The van der Waals surface area contributed by atoms with Crippen molar-refractivity contribution in [2.75, 3.05) is 22.6 Å². The van der Waals surface area contributed by atoms with Crippen LogP contribution in [0.4, 0.5) is 5.69 Å². The average molecular weight is 258 g/mol. The first-order chi connectivity index (χ1) is 7.75. The van der Waals surface area contributed by atoms with Gasteiger partial charge >= 0.3 is 0 Å². The van der Waals surface area contributed by atoms with Crippen LogP contribution in [0.2, 0.25) is 0 Å². The van der Waals surface area contributed by atoms with Gasteiger partial charge in [0.05, 0.1) is 6.20 Å².